The Morgan fingerprint density at radius 2 is 1.45 bits per heavy atom. The Morgan fingerprint density at radius 1 is 1.00 bits per heavy atom. The number of rotatable bonds is 5. The Kier molecular flexibility index (Phi) is 10.3. The van der Waals surface area contributed by atoms with E-state index in [-0.39, 0.29) is 11.8 Å². The van der Waals surface area contributed by atoms with Crippen molar-refractivity contribution in [2.24, 2.45) is 17.6 Å². The average Bonchev–Trinajstić information content (AvgIpc) is 2.34. The van der Waals surface area contributed by atoms with Gasteiger partial charge >= 0.3 is 18.0 Å². The minimum atomic E-state index is -1.06. The van der Waals surface area contributed by atoms with E-state index in [1.165, 1.54) is 7.11 Å². The number of nitrogens with two attached hydrogens (primary N) is 1. The van der Waals surface area contributed by atoms with Gasteiger partial charge in [-0.05, 0) is 11.8 Å². The molecule has 0 saturated carbocycles. The van der Waals surface area contributed by atoms with E-state index in [9.17, 15) is 14.4 Å². The lowest BCUT2D eigenvalue weighted by Crippen LogP contribution is -2.44. The molecule has 0 aliphatic rings. The second kappa shape index (κ2) is 10.0. The quantitative estimate of drug-likeness (QED) is 0.578. The first kappa shape index (κ1) is 20.5. The zero-order chi connectivity index (χ0) is 16.5. The van der Waals surface area contributed by atoms with Gasteiger partial charge in [-0.25, -0.2) is 9.59 Å². The molecule has 0 aromatic rings. The lowest BCUT2D eigenvalue weighted by molar-refractivity contribution is -0.141. The van der Waals surface area contributed by atoms with Gasteiger partial charge in [0.2, 0.25) is 0 Å². The van der Waals surface area contributed by atoms with Gasteiger partial charge in [0.15, 0.2) is 0 Å². The van der Waals surface area contributed by atoms with Gasteiger partial charge in [0.25, 0.3) is 0 Å². The van der Waals surface area contributed by atoms with Crippen molar-refractivity contribution >= 4 is 18.0 Å². The maximum atomic E-state index is 10.6. The summed E-state index contributed by atoms with van der Waals surface area (Å²) in [6.07, 6.45) is -0.726. The summed E-state index contributed by atoms with van der Waals surface area (Å²) in [5, 5.41) is 19.1. The molecule has 0 heterocycles. The molecule has 0 saturated heterocycles. The molecule has 0 aromatic heterocycles. The Balaban J connectivity index is 0. The predicted octanol–water partition coefficient (Wildman–Crippen LogP) is 0.506. The van der Waals surface area contributed by atoms with Crippen LogP contribution in [0.15, 0.2) is 0 Å². The summed E-state index contributed by atoms with van der Waals surface area (Å²) >= 11 is 0. The molecule has 1 amide bonds. The van der Waals surface area contributed by atoms with Crippen LogP contribution in [0.5, 0.6) is 0 Å². The molecule has 0 radical (unpaired) electrons. The zero-order valence-electron chi connectivity index (χ0n) is 12.4. The lowest BCUT2D eigenvalue weighted by Gasteiger charge is -2.16. The summed E-state index contributed by atoms with van der Waals surface area (Å²) in [6.45, 7) is 6.96. The van der Waals surface area contributed by atoms with Crippen molar-refractivity contribution in [3.8, 4) is 0 Å². The van der Waals surface area contributed by atoms with E-state index in [1.807, 2.05) is 0 Å². The fourth-order valence-corrected chi connectivity index (χ4v) is 0.985. The molecule has 0 aromatic carbocycles. The Labute approximate surface area is 118 Å². The topological polar surface area (TPSA) is 139 Å². The van der Waals surface area contributed by atoms with E-state index in [4.69, 9.17) is 15.9 Å². The highest BCUT2D eigenvalue weighted by Gasteiger charge is 2.23. The van der Waals surface area contributed by atoms with Crippen LogP contribution in [0.3, 0.4) is 0 Å². The fraction of sp³-hybridized carbons (Fsp3) is 0.750. The van der Waals surface area contributed by atoms with Crippen LogP contribution in [-0.4, -0.2) is 47.4 Å². The Bertz CT molecular complexity index is 330. The van der Waals surface area contributed by atoms with Crippen LogP contribution in [0.4, 0.5) is 4.79 Å². The van der Waals surface area contributed by atoms with Gasteiger partial charge in [-0.2, -0.15) is 0 Å². The van der Waals surface area contributed by atoms with Crippen LogP contribution in [0.2, 0.25) is 0 Å². The number of amides is 1. The van der Waals surface area contributed by atoms with Crippen LogP contribution in [0.25, 0.3) is 0 Å². The molecule has 20 heavy (non-hydrogen) atoms. The van der Waals surface area contributed by atoms with Gasteiger partial charge in [0, 0.05) is 0 Å². The molecule has 8 heteroatoms. The van der Waals surface area contributed by atoms with Crippen LogP contribution in [0.1, 0.15) is 27.7 Å². The molecule has 8 nitrogen and oxygen atoms in total. The summed E-state index contributed by atoms with van der Waals surface area (Å²) in [7, 11) is 1.19. The average molecular weight is 292 g/mol. The third kappa shape index (κ3) is 9.15. The minimum absolute atomic E-state index is 0.0208. The van der Waals surface area contributed by atoms with Crippen LogP contribution < -0.4 is 11.1 Å². The number of hydrogen-bond donors (Lipinski definition) is 4. The maximum absolute atomic E-state index is 10.6. The van der Waals surface area contributed by atoms with Crippen molar-refractivity contribution in [1.82, 2.24) is 5.32 Å². The highest BCUT2D eigenvalue weighted by molar-refractivity contribution is 5.80. The van der Waals surface area contributed by atoms with Gasteiger partial charge < -0.3 is 26.0 Å². The molecule has 118 valence electrons. The van der Waals surface area contributed by atoms with E-state index in [0.29, 0.717) is 0 Å². The standard InChI is InChI=1S/C7H13NO4.C5H11NO2/c1-4(2)5(6(9)10)8-7(11)12-3;1-3(2)4(6)5(7)8/h4-5H,1-3H3,(H,8,11)(H,9,10);3-4H,6H2,1-2H3,(H,7,8)/t;4-/m.1/s1. The van der Waals surface area contributed by atoms with E-state index in [0.717, 1.165) is 0 Å². The second-order valence-electron chi connectivity index (χ2n) is 4.80. The third-order valence-corrected chi connectivity index (χ3v) is 2.39. The minimum Gasteiger partial charge on any atom is -0.480 e. The normalized spacial score (nSPS) is 13.0. The zero-order valence-corrected chi connectivity index (χ0v) is 12.4. The highest BCUT2D eigenvalue weighted by atomic mass is 16.5. The molecular weight excluding hydrogens is 268 g/mol. The largest absolute Gasteiger partial charge is 0.480 e. The number of carboxylic acids is 2. The lowest BCUT2D eigenvalue weighted by atomic mass is 10.1. The maximum Gasteiger partial charge on any atom is 0.407 e. The second-order valence-corrected chi connectivity index (χ2v) is 4.80. The van der Waals surface area contributed by atoms with Gasteiger partial charge in [-0.3, -0.25) is 4.79 Å². The summed E-state index contributed by atoms with van der Waals surface area (Å²) in [5.74, 6) is -2.13. The van der Waals surface area contributed by atoms with Crippen molar-refractivity contribution in [3.63, 3.8) is 0 Å². The van der Waals surface area contributed by atoms with E-state index in [1.54, 1.807) is 27.7 Å². The number of ether oxygens (including phenoxy) is 1. The fourth-order valence-electron chi connectivity index (χ4n) is 0.985. The van der Waals surface area contributed by atoms with Crippen molar-refractivity contribution in [3.05, 3.63) is 0 Å². The van der Waals surface area contributed by atoms with Crippen molar-refractivity contribution in [1.29, 1.82) is 0 Å². The number of nitrogens with one attached hydrogen (secondary N) is 1. The van der Waals surface area contributed by atoms with Gasteiger partial charge in [0.05, 0.1) is 7.11 Å². The molecule has 0 fully saturated rings. The van der Waals surface area contributed by atoms with E-state index < -0.39 is 30.1 Å². The van der Waals surface area contributed by atoms with Crippen molar-refractivity contribution in [2.45, 2.75) is 39.8 Å². The first-order valence-electron chi connectivity index (χ1n) is 6.10. The van der Waals surface area contributed by atoms with Crippen LogP contribution in [0, 0.1) is 11.8 Å². The summed E-state index contributed by atoms with van der Waals surface area (Å²) < 4.78 is 4.27. The monoisotopic (exact) mass is 292 g/mol. The molecule has 5 N–H and O–H groups in total. The predicted molar refractivity (Wildman–Crippen MR) is 72.3 cm³/mol. The molecule has 0 spiro atoms. The first-order chi connectivity index (χ1) is 9.04. The summed E-state index contributed by atoms with van der Waals surface area (Å²) in [5.41, 5.74) is 5.16. The number of carbonyl (C=O) groups is 3. The first-order valence-corrected chi connectivity index (χ1v) is 6.10. The Hall–Kier alpha value is -1.83. The molecule has 0 rings (SSSR count). The number of methoxy groups -OCH3 is 1. The van der Waals surface area contributed by atoms with Gasteiger partial charge in [0.1, 0.15) is 12.1 Å². The number of carbonyl (C=O) groups excluding carboxylic acids is 1. The SMILES string of the molecule is CC(C)[C@@H](N)C(=O)O.COC(=O)NC(C(=O)O)C(C)C. The van der Waals surface area contributed by atoms with Gasteiger partial charge in [-0.15, -0.1) is 0 Å². The highest BCUT2D eigenvalue weighted by Crippen LogP contribution is 2.01. The van der Waals surface area contributed by atoms with Gasteiger partial charge in [-0.1, -0.05) is 27.7 Å². The third-order valence-electron chi connectivity index (χ3n) is 2.39. The molecule has 2 atom stereocenters. The van der Waals surface area contributed by atoms with Crippen molar-refractivity contribution in [2.75, 3.05) is 7.11 Å². The molecular formula is C12H24N2O6. The van der Waals surface area contributed by atoms with Crippen LogP contribution in [-0.2, 0) is 14.3 Å². The number of alkyl carbamates (subject to hydrolysis) is 1. The molecule has 0 aliphatic carbocycles. The molecule has 0 bridgehead atoms. The number of aliphatic carboxylic acids is 2. The Morgan fingerprint density at radius 3 is 1.60 bits per heavy atom. The van der Waals surface area contributed by atoms with E-state index >= 15 is 0 Å². The number of carboxylic acid groups (broad SMARTS) is 2. The smallest absolute Gasteiger partial charge is 0.407 e. The molecule has 1 unspecified atom stereocenters. The summed E-state index contributed by atoms with van der Waals surface area (Å²) in [6, 6.07) is -1.60. The number of hydrogen-bond acceptors (Lipinski definition) is 5. The molecule has 0 aliphatic heterocycles. The van der Waals surface area contributed by atoms with Crippen LogP contribution >= 0.6 is 0 Å². The van der Waals surface area contributed by atoms with E-state index in [2.05, 4.69) is 10.1 Å². The summed E-state index contributed by atoms with van der Waals surface area (Å²) in [4.78, 5) is 31.2. The van der Waals surface area contributed by atoms with Crippen molar-refractivity contribution < 1.29 is 29.3 Å².